The molecule has 0 spiro atoms. The van der Waals surface area contributed by atoms with E-state index in [1.807, 2.05) is 11.6 Å². The summed E-state index contributed by atoms with van der Waals surface area (Å²) in [6.07, 6.45) is 6.89. The van der Waals surface area contributed by atoms with Crippen molar-refractivity contribution in [2.75, 3.05) is 13.6 Å². The average molecular weight is 222 g/mol. The summed E-state index contributed by atoms with van der Waals surface area (Å²) in [5.74, 6) is 0.0143. The van der Waals surface area contributed by atoms with Crippen LogP contribution in [0.1, 0.15) is 29.8 Å². The highest BCUT2D eigenvalue weighted by Gasteiger charge is 2.27. The van der Waals surface area contributed by atoms with Crippen molar-refractivity contribution in [3.63, 3.8) is 0 Å². The molecule has 0 bridgehead atoms. The number of amides is 1. The summed E-state index contributed by atoms with van der Waals surface area (Å²) in [6, 6.07) is 0.409. The van der Waals surface area contributed by atoms with Crippen LogP contribution in [0.15, 0.2) is 12.5 Å². The van der Waals surface area contributed by atoms with Gasteiger partial charge in [0.1, 0.15) is 5.69 Å². The highest BCUT2D eigenvalue weighted by Crippen LogP contribution is 2.24. The number of carbonyl (C=O) groups excluding carboxylic acids is 1. The van der Waals surface area contributed by atoms with Gasteiger partial charge < -0.3 is 15.2 Å². The maximum Gasteiger partial charge on any atom is 0.274 e. The lowest BCUT2D eigenvalue weighted by Crippen LogP contribution is -2.41. The van der Waals surface area contributed by atoms with Crippen molar-refractivity contribution in [3.05, 3.63) is 18.2 Å². The zero-order chi connectivity index (χ0) is 11.5. The van der Waals surface area contributed by atoms with Gasteiger partial charge in [0.05, 0.1) is 6.33 Å². The molecule has 2 rings (SSSR count). The Morgan fingerprint density at radius 2 is 2.44 bits per heavy atom. The molecular weight excluding hydrogens is 204 g/mol. The van der Waals surface area contributed by atoms with Crippen molar-refractivity contribution in [3.8, 4) is 0 Å². The molecule has 0 atom stereocenters. The van der Waals surface area contributed by atoms with E-state index in [2.05, 4.69) is 4.98 Å². The molecule has 5 nitrogen and oxygen atoms in total. The molecule has 2 N–H and O–H groups in total. The molecule has 0 aliphatic heterocycles. The topological polar surface area (TPSA) is 64.2 Å². The van der Waals surface area contributed by atoms with Gasteiger partial charge in [0.2, 0.25) is 0 Å². The molecule has 0 radical (unpaired) electrons. The van der Waals surface area contributed by atoms with Crippen LogP contribution in [-0.2, 0) is 6.54 Å². The summed E-state index contributed by atoms with van der Waals surface area (Å²) in [5, 5.41) is 0. The van der Waals surface area contributed by atoms with Gasteiger partial charge in [-0.25, -0.2) is 4.98 Å². The Morgan fingerprint density at radius 3 is 3.00 bits per heavy atom. The number of hydrogen-bond donors (Lipinski definition) is 1. The van der Waals surface area contributed by atoms with Gasteiger partial charge in [-0.1, -0.05) is 0 Å². The lowest BCUT2D eigenvalue weighted by atomic mass is 9.92. The summed E-state index contributed by atoms with van der Waals surface area (Å²) in [4.78, 5) is 17.9. The SMILES string of the molecule is CN(C(=O)c1cn(CCN)cn1)C1CCC1. The third-order valence-corrected chi connectivity index (χ3v) is 3.18. The maximum absolute atomic E-state index is 12.0. The highest BCUT2D eigenvalue weighted by atomic mass is 16.2. The maximum atomic E-state index is 12.0. The van der Waals surface area contributed by atoms with Crippen LogP contribution in [0.2, 0.25) is 0 Å². The van der Waals surface area contributed by atoms with E-state index in [1.165, 1.54) is 6.42 Å². The predicted molar refractivity (Wildman–Crippen MR) is 61.0 cm³/mol. The van der Waals surface area contributed by atoms with E-state index in [-0.39, 0.29) is 5.91 Å². The normalized spacial score (nSPS) is 15.9. The fraction of sp³-hybridized carbons (Fsp3) is 0.636. The minimum Gasteiger partial charge on any atom is -0.337 e. The third kappa shape index (κ3) is 2.09. The number of nitrogens with zero attached hydrogens (tertiary/aromatic N) is 3. The van der Waals surface area contributed by atoms with Gasteiger partial charge in [-0.15, -0.1) is 0 Å². The minimum absolute atomic E-state index is 0.0143. The highest BCUT2D eigenvalue weighted by molar-refractivity contribution is 5.92. The monoisotopic (exact) mass is 222 g/mol. The fourth-order valence-electron chi connectivity index (χ4n) is 1.86. The molecule has 0 saturated heterocycles. The summed E-state index contributed by atoms with van der Waals surface area (Å²) in [6.45, 7) is 1.26. The first kappa shape index (κ1) is 11.1. The molecule has 88 valence electrons. The number of carbonyl (C=O) groups is 1. The number of hydrogen-bond acceptors (Lipinski definition) is 3. The van der Waals surface area contributed by atoms with E-state index in [9.17, 15) is 4.79 Å². The van der Waals surface area contributed by atoms with Crippen LogP contribution in [0.25, 0.3) is 0 Å². The smallest absolute Gasteiger partial charge is 0.274 e. The van der Waals surface area contributed by atoms with E-state index < -0.39 is 0 Å². The van der Waals surface area contributed by atoms with Crippen LogP contribution in [0, 0.1) is 0 Å². The van der Waals surface area contributed by atoms with Crippen molar-refractivity contribution in [2.24, 2.45) is 5.73 Å². The molecule has 1 aliphatic carbocycles. The second-order valence-corrected chi connectivity index (χ2v) is 4.29. The zero-order valence-corrected chi connectivity index (χ0v) is 9.59. The molecule has 1 aliphatic rings. The van der Waals surface area contributed by atoms with Gasteiger partial charge in [-0.05, 0) is 19.3 Å². The lowest BCUT2D eigenvalue weighted by Gasteiger charge is -2.34. The standard InChI is InChI=1S/C11H18N4O/c1-14(9-3-2-4-9)11(16)10-7-15(6-5-12)8-13-10/h7-9H,2-6,12H2,1H3. The van der Waals surface area contributed by atoms with E-state index in [0.29, 0.717) is 24.8 Å². The van der Waals surface area contributed by atoms with Gasteiger partial charge in [0.25, 0.3) is 5.91 Å². The Bertz CT molecular complexity index is 370. The van der Waals surface area contributed by atoms with Gasteiger partial charge >= 0.3 is 0 Å². The number of aromatic nitrogens is 2. The Hall–Kier alpha value is -1.36. The Balaban J connectivity index is 2.01. The number of nitrogens with two attached hydrogens (primary N) is 1. The molecule has 0 aromatic carbocycles. The van der Waals surface area contributed by atoms with E-state index in [4.69, 9.17) is 5.73 Å². The van der Waals surface area contributed by atoms with E-state index in [0.717, 1.165) is 12.8 Å². The molecule has 1 fully saturated rings. The first-order valence-corrected chi connectivity index (χ1v) is 5.71. The van der Waals surface area contributed by atoms with Crippen molar-refractivity contribution in [2.45, 2.75) is 31.8 Å². The lowest BCUT2D eigenvalue weighted by molar-refractivity contribution is 0.0646. The Morgan fingerprint density at radius 1 is 1.69 bits per heavy atom. The third-order valence-electron chi connectivity index (χ3n) is 3.18. The fourth-order valence-corrected chi connectivity index (χ4v) is 1.86. The van der Waals surface area contributed by atoms with Crippen molar-refractivity contribution in [1.82, 2.24) is 14.5 Å². The number of imidazole rings is 1. The largest absolute Gasteiger partial charge is 0.337 e. The summed E-state index contributed by atoms with van der Waals surface area (Å²) < 4.78 is 1.85. The minimum atomic E-state index is 0.0143. The van der Waals surface area contributed by atoms with E-state index >= 15 is 0 Å². The Kier molecular flexibility index (Phi) is 3.24. The average Bonchev–Trinajstić information content (AvgIpc) is 2.63. The van der Waals surface area contributed by atoms with Crippen LogP contribution in [0.3, 0.4) is 0 Å². The molecule has 1 saturated carbocycles. The summed E-state index contributed by atoms with van der Waals surface area (Å²) >= 11 is 0. The van der Waals surface area contributed by atoms with E-state index in [1.54, 1.807) is 17.4 Å². The molecule has 1 amide bonds. The van der Waals surface area contributed by atoms with Crippen LogP contribution >= 0.6 is 0 Å². The molecular formula is C11H18N4O. The molecule has 5 heteroatoms. The first-order chi connectivity index (χ1) is 7.72. The second-order valence-electron chi connectivity index (χ2n) is 4.29. The van der Waals surface area contributed by atoms with Gasteiger partial charge in [-0.3, -0.25) is 4.79 Å². The molecule has 1 aromatic rings. The number of rotatable bonds is 4. The summed E-state index contributed by atoms with van der Waals surface area (Å²) in [5.41, 5.74) is 5.96. The first-order valence-electron chi connectivity index (χ1n) is 5.71. The predicted octanol–water partition coefficient (Wildman–Crippen LogP) is 0.466. The van der Waals surface area contributed by atoms with Gasteiger partial charge in [-0.2, -0.15) is 0 Å². The van der Waals surface area contributed by atoms with Crippen molar-refractivity contribution in [1.29, 1.82) is 0 Å². The van der Waals surface area contributed by atoms with Crippen molar-refractivity contribution >= 4 is 5.91 Å². The quantitative estimate of drug-likeness (QED) is 0.805. The van der Waals surface area contributed by atoms with Crippen LogP contribution in [-0.4, -0.2) is 40.0 Å². The van der Waals surface area contributed by atoms with Gasteiger partial charge in [0.15, 0.2) is 0 Å². The molecule has 1 aromatic heterocycles. The molecule has 0 unspecified atom stereocenters. The summed E-state index contributed by atoms with van der Waals surface area (Å²) in [7, 11) is 1.86. The van der Waals surface area contributed by atoms with Crippen LogP contribution < -0.4 is 5.73 Å². The zero-order valence-electron chi connectivity index (χ0n) is 9.59. The molecule has 16 heavy (non-hydrogen) atoms. The van der Waals surface area contributed by atoms with Crippen LogP contribution in [0.4, 0.5) is 0 Å². The molecule has 1 heterocycles. The Labute approximate surface area is 95.2 Å². The second kappa shape index (κ2) is 4.65. The van der Waals surface area contributed by atoms with Crippen molar-refractivity contribution < 1.29 is 4.79 Å². The van der Waals surface area contributed by atoms with Gasteiger partial charge in [0, 0.05) is 32.4 Å². The van der Waals surface area contributed by atoms with Crippen LogP contribution in [0.5, 0.6) is 0 Å².